The van der Waals surface area contributed by atoms with Crippen molar-refractivity contribution in [3.8, 4) is 11.3 Å². The molecule has 2 N–H and O–H groups in total. The van der Waals surface area contributed by atoms with Gasteiger partial charge in [-0.2, -0.15) is 5.10 Å². The summed E-state index contributed by atoms with van der Waals surface area (Å²) in [6.07, 6.45) is 7.27. The molecule has 0 aromatic carbocycles. The van der Waals surface area contributed by atoms with Crippen molar-refractivity contribution >= 4 is 48.9 Å². The fourth-order valence-corrected chi connectivity index (χ4v) is 3.10. The molecular weight excluding hydrogens is 402 g/mol. The number of carbonyl (C=O) groups is 1. The van der Waals surface area contributed by atoms with Gasteiger partial charge in [0.05, 0.1) is 18.3 Å². The number of rotatable bonds is 4. The van der Waals surface area contributed by atoms with Gasteiger partial charge < -0.3 is 10.1 Å². The van der Waals surface area contributed by atoms with Crippen LogP contribution in [0.3, 0.4) is 0 Å². The lowest BCUT2D eigenvalue weighted by Gasteiger charge is -2.07. The number of halogens is 1. The second-order valence-electron chi connectivity index (χ2n) is 4.50. The molecule has 0 bridgehead atoms. The van der Waals surface area contributed by atoms with Crippen LogP contribution in [0.4, 0.5) is 0 Å². The number of fused-ring (bicyclic) bond motifs is 1. The average molecular weight is 414 g/mol. The van der Waals surface area contributed by atoms with Crippen molar-refractivity contribution in [2.45, 2.75) is 10.5 Å². The number of amides is 1. The number of hydrogen-bond acceptors (Lipinski definition) is 4. The molecule has 0 fully saturated rings. The van der Waals surface area contributed by atoms with E-state index in [0.29, 0.717) is 0 Å². The Hall–Kier alpha value is -1.54. The van der Waals surface area contributed by atoms with E-state index in [1.165, 1.54) is 6.33 Å². The van der Waals surface area contributed by atoms with Gasteiger partial charge in [0.2, 0.25) is 5.91 Å². The largest absolute Gasteiger partial charge is 0.370 e. The van der Waals surface area contributed by atoms with Crippen LogP contribution in [0.2, 0.25) is 0 Å². The number of primary amides is 1. The molecule has 21 heavy (non-hydrogen) atoms. The topological polar surface area (TPSA) is 91.6 Å². The molecule has 0 aliphatic carbocycles. The van der Waals surface area contributed by atoms with Gasteiger partial charge in [-0.15, -0.1) is 0 Å². The molecule has 0 radical (unpaired) electrons. The molecular formula is C12H12IN6OP. The molecule has 108 valence electrons. The first-order valence-electron chi connectivity index (χ1n) is 6.10. The molecule has 3 heterocycles. The highest BCUT2D eigenvalue weighted by atomic mass is 127. The molecule has 7 nitrogen and oxygen atoms in total. The zero-order chi connectivity index (χ0) is 15.0. The van der Waals surface area contributed by atoms with E-state index < -0.39 is 0 Å². The molecule has 0 saturated heterocycles. The van der Waals surface area contributed by atoms with Gasteiger partial charge in [-0.25, -0.2) is 9.97 Å². The van der Waals surface area contributed by atoms with Gasteiger partial charge in [0.15, 0.2) is 0 Å². The van der Waals surface area contributed by atoms with E-state index in [-0.39, 0.29) is 16.4 Å². The Labute approximate surface area is 136 Å². The Balaban J connectivity index is 2.00. The SMILES string of the molecule is NC(=O)CC(I)n1cc(-c2ncnc3c2ccn3P)cn1. The third kappa shape index (κ3) is 2.77. The van der Waals surface area contributed by atoms with Crippen LogP contribution in [0.1, 0.15) is 10.5 Å². The van der Waals surface area contributed by atoms with Crippen LogP contribution >= 0.6 is 32.0 Å². The molecule has 0 saturated carbocycles. The summed E-state index contributed by atoms with van der Waals surface area (Å²) in [6, 6.07) is 1.96. The zero-order valence-electron chi connectivity index (χ0n) is 10.8. The Bertz CT molecular complexity index is 813. The summed E-state index contributed by atoms with van der Waals surface area (Å²) in [5.41, 5.74) is 7.74. The molecule has 2 unspecified atom stereocenters. The number of alkyl halides is 1. The van der Waals surface area contributed by atoms with E-state index >= 15 is 0 Å². The van der Waals surface area contributed by atoms with Gasteiger partial charge in [-0.05, 0) is 15.5 Å². The molecule has 0 aliphatic rings. The van der Waals surface area contributed by atoms with Crippen molar-refractivity contribution in [1.29, 1.82) is 0 Å². The predicted molar refractivity (Wildman–Crippen MR) is 90.7 cm³/mol. The van der Waals surface area contributed by atoms with E-state index in [1.807, 2.05) is 22.8 Å². The summed E-state index contributed by atoms with van der Waals surface area (Å²) < 4.78 is 3.46. The Morgan fingerprint density at radius 1 is 1.48 bits per heavy atom. The monoisotopic (exact) mass is 414 g/mol. The van der Waals surface area contributed by atoms with Crippen molar-refractivity contribution in [1.82, 2.24) is 24.1 Å². The molecule has 3 rings (SSSR count). The molecule has 0 aliphatic heterocycles. The van der Waals surface area contributed by atoms with Crippen molar-refractivity contribution in [2.75, 3.05) is 0 Å². The van der Waals surface area contributed by atoms with Crippen molar-refractivity contribution in [3.05, 3.63) is 31.0 Å². The van der Waals surface area contributed by atoms with Gasteiger partial charge in [-0.1, -0.05) is 22.6 Å². The minimum atomic E-state index is -0.351. The molecule has 0 spiro atoms. The van der Waals surface area contributed by atoms with Crippen molar-refractivity contribution < 1.29 is 4.79 Å². The van der Waals surface area contributed by atoms with Crippen LogP contribution in [-0.4, -0.2) is 30.0 Å². The fourth-order valence-electron chi connectivity index (χ4n) is 2.07. The van der Waals surface area contributed by atoms with E-state index in [4.69, 9.17) is 5.73 Å². The third-order valence-electron chi connectivity index (χ3n) is 3.04. The summed E-state index contributed by atoms with van der Waals surface area (Å²) >= 11 is 2.14. The minimum absolute atomic E-state index is 0.113. The molecule has 9 heteroatoms. The quantitative estimate of drug-likeness (QED) is 0.400. The van der Waals surface area contributed by atoms with Crippen LogP contribution in [0.25, 0.3) is 22.3 Å². The lowest BCUT2D eigenvalue weighted by molar-refractivity contribution is -0.118. The molecule has 1 amide bonds. The second kappa shape index (κ2) is 5.69. The second-order valence-corrected chi connectivity index (χ2v) is 6.49. The van der Waals surface area contributed by atoms with Crippen LogP contribution in [0, 0.1) is 0 Å². The van der Waals surface area contributed by atoms with Gasteiger partial charge >= 0.3 is 0 Å². The van der Waals surface area contributed by atoms with Gasteiger partial charge in [0, 0.05) is 23.3 Å². The smallest absolute Gasteiger partial charge is 0.220 e. The lowest BCUT2D eigenvalue weighted by atomic mass is 10.2. The lowest BCUT2D eigenvalue weighted by Crippen LogP contribution is -2.16. The predicted octanol–water partition coefficient (Wildman–Crippen LogP) is 1.74. The Kier molecular flexibility index (Phi) is 3.90. The Morgan fingerprint density at radius 3 is 3.05 bits per heavy atom. The van der Waals surface area contributed by atoms with Gasteiger partial charge in [0.1, 0.15) is 16.0 Å². The number of hydrogen-bond donors (Lipinski definition) is 1. The van der Waals surface area contributed by atoms with E-state index in [2.05, 4.69) is 47.0 Å². The van der Waals surface area contributed by atoms with E-state index in [0.717, 1.165) is 22.3 Å². The van der Waals surface area contributed by atoms with Gasteiger partial charge in [0.25, 0.3) is 0 Å². The van der Waals surface area contributed by atoms with Crippen LogP contribution in [-0.2, 0) is 4.79 Å². The molecule has 3 aromatic heterocycles. The van der Waals surface area contributed by atoms with E-state index in [9.17, 15) is 4.79 Å². The van der Waals surface area contributed by atoms with Crippen LogP contribution in [0.15, 0.2) is 31.0 Å². The Morgan fingerprint density at radius 2 is 2.29 bits per heavy atom. The van der Waals surface area contributed by atoms with Crippen molar-refractivity contribution in [2.24, 2.45) is 5.73 Å². The number of nitrogens with two attached hydrogens (primary N) is 1. The maximum Gasteiger partial charge on any atom is 0.220 e. The van der Waals surface area contributed by atoms with E-state index in [1.54, 1.807) is 10.9 Å². The van der Waals surface area contributed by atoms with Crippen molar-refractivity contribution in [3.63, 3.8) is 0 Å². The summed E-state index contributed by atoms with van der Waals surface area (Å²) in [5.74, 6) is -0.351. The number of aromatic nitrogens is 5. The van der Waals surface area contributed by atoms with Gasteiger partial charge in [-0.3, -0.25) is 9.48 Å². The third-order valence-corrected chi connectivity index (χ3v) is 4.47. The summed E-state index contributed by atoms with van der Waals surface area (Å²) in [4.78, 5) is 19.6. The summed E-state index contributed by atoms with van der Waals surface area (Å²) in [6.45, 7) is 0. The fraction of sp³-hybridized carbons (Fsp3) is 0.167. The maximum atomic E-state index is 11.0. The zero-order valence-corrected chi connectivity index (χ0v) is 14.2. The highest BCUT2D eigenvalue weighted by Gasteiger charge is 2.14. The average Bonchev–Trinajstić information content (AvgIpc) is 3.05. The maximum absolute atomic E-state index is 11.0. The highest BCUT2D eigenvalue weighted by molar-refractivity contribution is 14.1. The summed E-state index contributed by atoms with van der Waals surface area (Å²) in [7, 11) is 2.58. The number of nitrogens with zero attached hydrogens (tertiary/aromatic N) is 5. The molecule has 3 aromatic rings. The molecule has 2 atom stereocenters. The normalized spacial score (nSPS) is 12.7. The first-order valence-corrected chi connectivity index (χ1v) is 7.86. The van der Waals surface area contributed by atoms with Crippen LogP contribution in [0.5, 0.6) is 0 Å². The standard InChI is InChI=1S/C12H12IN6OP/c13-9(3-10(14)20)18-5-7(4-17-18)11-8-1-2-19(21)12(8)16-6-15-11/h1-2,4-6,9H,3,21H2,(H2,14,20). The first kappa shape index (κ1) is 14.4. The highest BCUT2D eigenvalue weighted by Crippen LogP contribution is 2.28. The number of carbonyl (C=O) groups excluding carboxylic acids is 1. The van der Waals surface area contributed by atoms with Crippen LogP contribution < -0.4 is 5.73 Å². The summed E-state index contributed by atoms with van der Waals surface area (Å²) in [5, 5.41) is 5.24. The first-order chi connectivity index (χ1) is 10.1. The minimum Gasteiger partial charge on any atom is -0.370 e.